The minimum Gasteiger partial charge on any atom is -0.397 e. The first-order valence-electron chi connectivity index (χ1n) is 3.93. The van der Waals surface area contributed by atoms with Crippen molar-refractivity contribution < 1.29 is 4.79 Å². The zero-order valence-electron chi connectivity index (χ0n) is 7.50. The number of nitrogens with one attached hydrogen (secondary N) is 1. The number of amides is 1. The van der Waals surface area contributed by atoms with Crippen LogP contribution in [-0.2, 0) is 4.79 Å². The van der Waals surface area contributed by atoms with Gasteiger partial charge in [-0.25, -0.2) is 0 Å². The number of nitrogens with two attached hydrogens (primary N) is 1. The van der Waals surface area contributed by atoms with E-state index in [1.807, 2.05) is 19.1 Å². The first-order chi connectivity index (χ1) is 6.15. The van der Waals surface area contributed by atoms with Gasteiger partial charge < -0.3 is 11.1 Å². The molecule has 0 unspecified atom stereocenters. The van der Waals surface area contributed by atoms with Crippen LogP contribution in [0.1, 0.15) is 5.56 Å². The summed E-state index contributed by atoms with van der Waals surface area (Å²) < 4.78 is 0. The lowest BCUT2D eigenvalue weighted by Gasteiger charge is -2.07. The maximum Gasteiger partial charge on any atom is 0.247 e. The van der Waals surface area contributed by atoms with Crippen molar-refractivity contribution in [2.75, 3.05) is 11.1 Å². The molecule has 1 amide bonds. The molecule has 1 aromatic carbocycles. The molecule has 0 saturated carbocycles. The average molecular weight is 176 g/mol. The van der Waals surface area contributed by atoms with E-state index in [2.05, 4.69) is 11.9 Å². The van der Waals surface area contributed by atoms with Crippen molar-refractivity contribution in [1.29, 1.82) is 0 Å². The molecule has 13 heavy (non-hydrogen) atoms. The van der Waals surface area contributed by atoms with Crippen LogP contribution >= 0.6 is 0 Å². The number of hydrogen-bond acceptors (Lipinski definition) is 2. The van der Waals surface area contributed by atoms with Crippen LogP contribution in [0.15, 0.2) is 30.9 Å². The molecule has 3 nitrogen and oxygen atoms in total. The van der Waals surface area contributed by atoms with Gasteiger partial charge in [0.2, 0.25) is 5.91 Å². The van der Waals surface area contributed by atoms with E-state index >= 15 is 0 Å². The predicted octanol–water partition coefficient (Wildman–Crippen LogP) is 1.70. The third-order valence-corrected chi connectivity index (χ3v) is 1.77. The molecule has 0 fully saturated rings. The normalized spacial score (nSPS) is 9.31. The molecule has 0 aromatic heterocycles. The molecule has 0 saturated heterocycles. The van der Waals surface area contributed by atoms with Gasteiger partial charge in [0.05, 0.1) is 11.4 Å². The van der Waals surface area contributed by atoms with Gasteiger partial charge in [-0.2, -0.15) is 0 Å². The second kappa shape index (κ2) is 3.76. The van der Waals surface area contributed by atoms with Gasteiger partial charge in [0.1, 0.15) is 0 Å². The summed E-state index contributed by atoms with van der Waals surface area (Å²) in [5, 5.41) is 2.62. The number of aryl methyl sites for hydroxylation is 1. The van der Waals surface area contributed by atoms with Crippen LogP contribution in [0, 0.1) is 6.92 Å². The SMILES string of the molecule is C=CC(=O)Nc1cccc(C)c1N. The van der Waals surface area contributed by atoms with Crippen molar-refractivity contribution in [3.05, 3.63) is 36.4 Å². The van der Waals surface area contributed by atoms with Gasteiger partial charge >= 0.3 is 0 Å². The Labute approximate surface area is 77.3 Å². The lowest BCUT2D eigenvalue weighted by atomic mass is 10.2. The van der Waals surface area contributed by atoms with Crippen LogP contribution in [0.2, 0.25) is 0 Å². The molecule has 0 radical (unpaired) electrons. The van der Waals surface area contributed by atoms with Crippen molar-refractivity contribution in [2.45, 2.75) is 6.92 Å². The van der Waals surface area contributed by atoms with E-state index < -0.39 is 0 Å². The number of anilines is 2. The number of carbonyl (C=O) groups is 1. The molecule has 1 rings (SSSR count). The Morgan fingerprint density at radius 3 is 2.92 bits per heavy atom. The fourth-order valence-electron chi connectivity index (χ4n) is 0.973. The van der Waals surface area contributed by atoms with Gasteiger partial charge in [-0.3, -0.25) is 4.79 Å². The molecule has 68 valence electrons. The van der Waals surface area contributed by atoms with Crippen LogP contribution < -0.4 is 11.1 Å². The maximum atomic E-state index is 11.0. The highest BCUT2D eigenvalue weighted by Crippen LogP contribution is 2.21. The molecule has 0 aliphatic heterocycles. The third kappa shape index (κ3) is 2.08. The highest BCUT2D eigenvalue weighted by atomic mass is 16.1. The standard InChI is InChI=1S/C10H12N2O/c1-3-9(13)12-8-6-4-5-7(2)10(8)11/h3-6H,1,11H2,2H3,(H,12,13). The predicted molar refractivity (Wildman–Crippen MR) is 54.4 cm³/mol. The van der Waals surface area contributed by atoms with Gasteiger partial charge in [0, 0.05) is 0 Å². The first kappa shape index (κ1) is 9.32. The monoisotopic (exact) mass is 176 g/mol. The lowest BCUT2D eigenvalue weighted by molar-refractivity contribution is -0.111. The third-order valence-electron chi connectivity index (χ3n) is 1.77. The highest BCUT2D eigenvalue weighted by molar-refractivity contribution is 6.01. The van der Waals surface area contributed by atoms with Gasteiger partial charge in [-0.05, 0) is 24.6 Å². The van der Waals surface area contributed by atoms with E-state index in [-0.39, 0.29) is 5.91 Å². The molecule has 3 N–H and O–H groups in total. The molecule has 0 bridgehead atoms. The zero-order valence-corrected chi connectivity index (χ0v) is 7.50. The molecule has 0 spiro atoms. The minimum absolute atomic E-state index is 0.252. The molecular weight excluding hydrogens is 164 g/mol. The van der Waals surface area contributed by atoms with Crippen molar-refractivity contribution in [2.24, 2.45) is 0 Å². The number of nitrogen functional groups attached to an aromatic ring is 1. The summed E-state index contributed by atoms with van der Waals surface area (Å²) in [6, 6.07) is 5.48. The van der Waals surface area contributed by atoms with Crippen molar-refractivity contribution in [3.8, 4) is 0 Å². The van der Waals surface area contributed by atoms with E-state index in [1.54, 1.807) is 6.07 Å². The maximum absolute atomic E-state index is 11.0. The van der Waals surface area contributed by atoms with E-state index in [0.717, 1.165) is 5.56 Å². The molecule has 3 heteroatoms. The molecular formula is C10H12N2O. The second-order valence-corrected chi connectivity index (χ2v) is 2.73. The smallest absolute Gasteiger partial charge is 0.247 e. The fraction of sp³-hybridized carbons (Fsp3) is 0.100. The summed E-state index contributed by atoms with van der Waals surface area (Å²) in [5.74, 6) is -0.252. The van der Waals surface area contributed by atoms with Gasteiger partial charge in [0.25, 0.3) is 0 Å². The summed E-state index contributed by atoms with van der Waals surface area (Å²) >= 11 is 0. The Morgan fingerprint density at radius 2 is 2.31 bits per heavy atom. The Bertz CT molecular complexity index is 345. The average Bonchev–Trinajstić information content (AvgIpc) is 2.13. The van der Waals surface area contributed by atoms with Gasteiger partial charge in [-0.15, -0.1) is 0 Å². The van der Waals surface area contributed by atoms with Crippen molar-refractivity contribution in [1.82, 2.24) is 0 Å². The summed E-state index contributed by atoms with van der Waals surface area (Å²) in [4.78, 5) is 11.0. The Hall–Kier alpha value is -1.77. The van der Waals surface area contributed by atoms with Crippen molar-refractivity contribution >= 4 is 17.3 Å². The van der Waals surface area contributed by atoms with Crippen LogP contribution in [0.3, 0.4) is 0 Å². The quantitative estimate of drug-likeness (QED) is 0.532. The van der Waals surface area contributed by atoms with Crippen LogP contribution in [0.5, 0.6) is 0 Å². The molecule has 0 aliphatic carbocycles. The number of hydrogen-bond donors (Lipinski definition) is 2. The minimum atomic E-state index is -0.252. The Morgan fingerprint density at radius 1 is 1.62 bits per heavy atom. The lowest BCUT2D eigenvalue weighted by Crippen LogP contribution is -2.09. The zero-order chi connectivity index (χ0) is 9.84. The Kier molecular flexibility index (Phi) is 2.69. The van der Waals surface area contributed by atoms with Crippen LogP contribution in [-0.4, -0.2) is 5.91 Å². The second-order valence-electron chi connectivity index (χ2n) is 2.73. The summed E-state index contributed by atoms with van der Waals surface area (Å²) in [5.41, 5.74) is 7.91. The van der Waals surface area contributed by atoms with Crippen LogP contribution in [0.4, 0.5) is 11.4 Å². The van der Waals surface area contributed by atoms with Gasteiger partial charge in [0.15, 0.2) is 0 Å². The fourth-order valence-corrected chi connectivity index (χ4v) is 0.973. The molecule has 0 aliphatic rings. The molecule has 1 aromatic rings. The Balaban J connectivity index is 2.95. The molecule has 0 atom stereocenters. The van der Waals surface area contributed by atoms with Gasteiger partial charge in [-0.1, -0.05) is 18.7 Å². The number of carbonyl (C=O) groups excluding carboxylic acids is 1. The van der Waals surface area contributed by atoms with E-state index in [1.165, 1.54) is 6.08 Å². The largest absolute Gasteiger partial charge is 0.397 e. The summed E-state index contributed by atoms with van der Waals surface area (Å²) in [7, 11) is 0. The van der Waals surface area contributed by atoms with Crippen molar-refractivity contribution in [3.63, 3.8) is 0 Å². The number of para-hydroxylation sites is 1. The molecule has 0 heterocycles. The summed E-state index contributed by atoms with van der Waals surface area (Å²) in [6.45, 7) is 5.24. The first-order valence-corrected chi connectivity index (χ1v) is 3.93. The van der Waals surface area contributed by atoms with E-state index in [9.17, 15) is 4.79 Å². The number of rotatable bonds is 2. The number of benzene rings is 1. The highest BCUT2D eigenvalue weighted by Gasteiger charge is 2.02. The summed E-state index contributed by atoms with van der Waals surface area (Å²) in [6.07, 6.45) is 1.21. The van der Waals surface area contributed by atoms with E-state index in [4.69, 9.17) is 5.73 Å². The van der Waals surface area contributed by atoms with E-state index in [0.29, 0.717) is 11.4 Å². The topological polar surface area (TPSA) is 55.1 Å². The van der Waals surface area contributed by atoms with Crippen LogP contribution in [0.25, 0.3) is 0 Å².